The van der Waals surface area contributed by atoms with Crippen LogP contribution in [0.5, 0.6) is 0 Å². The Balaban J connectivity index is 0.000000471. The van der Waals surface area contributed by atoms with Crippen LogP contribution in [0.3, 0.4) is 0 Å². The average Bonchev–Trinajstić information content (AvgIpc) is 2.65. The monoisotopic (exact) mass is 328 g/mol. The van der Waals surface area contributed by atoms with Crippen LogP contribution in [0.4, 0.5) is 0 Å². The lowest BCUT2D eigenvalue weighted by molar-refractivity contribution is 1.49. The zero-order valence-corrected chi connectivity index (χ0v) is 14.3. The summed E-state index contributed by atoms with van der Waals surface area (Å²) in [7, 11) is -0.467. The van der Waals surface area contributed by atoms with Crippen molar-refractivity contribution in [3.63, 3.8) is 0 Å². The molecule has 0 heterocycles. The van der Waals surface area contributed by atoms with Gasteiger partial charge in [-0.3, -0.25) is 0 Å². The summed E-state index contributed by atoms with van der Waals surface area (Å²) in [5.74, 6) is 0. The molecule has 0 atom stereocenters. The van der Waals surface area contributed by atoms with Crippen molar-refractivity contribution in [3.8, 4) is 12.1 Å². The van der Waals surface area contributed by atoms with Gasteiger partial charge in [0.2, 0.25) is 0 Å². The summed E-state index contributed by atoms with van der Waals surface area (Å²) >= 11 is 0. The summed E-state index contributed by atoms with van der Waals surface area (Å²) in [6.45, 7) is 2.20. The fourth-order valence-electron chi connectivity index (χ4n) is 2.40. The standard InChI is InChI=1S/C19H17P.C2N2/c1-16-10-8-9-15-19(16)20(17-11-4-2-5-12-17)18-13-6-3-7-14-18;3-1-2-4/h2-15H,1H3;. The maximum atomic E-state index is 7.26. The highest BCUT2D eigenvalue weighted by molar-refractivity contribution is 7.79. The third-order valence-corrected chi connectivity index (χ3v) is 6.05. The SMILES string of the molecule is Cc1ccccc1P(c1ccccc1)c1ccccc1.N#CC#N. The molecule has 0 aromatic heterocycles. The predicted molar refractivity (Wildman–Crippen MR) is 101 cm³/mol. The second-order valence-corrected chi connectivity index (χ2v) is 7.20. The summed E-state index contributed by atoms with van der Waals surface area (Å²) in [6, 6.07) is 32.9. The Kier molecular flexibility index (Phi) is 6.73. The van der Waals surface area contributed by atoms with Crippen LogP contribution in [0.25, 0.3) is 0 Å². The smallest absolute Gasteiger partial charge is 0.181 e. The van der Waals surface area contributed by atoms with Crippen LogP contribution in [-0.2, 0) is 0 Å². The first-order chi connectivity index (χ1) is 11.8. The van der Waals surface area contributed by atoms with E-state index in [-0.39, 0.29) is 0 Å². The molecule has 3 heteroatoms. The highest BCUT2D eigenvalue weighted by Crippen LogP contribution is 2.33. The first-order valence-corrected chi connectivity index (χ1v) is 8.86. The minimum Gasteiger partial charge on any atom is -0.181 e. The van der Waals surface area contributed by atoms with E-state index in [1.54, 1.807) is 0 Å². The van der Waals surface area contributed by atoms with E-state index in [0.717, 1.165) is 0 Å². The van der Waals surface area contributed by atoms with Crippen LogP contribution >= 0.6 is 7.92 Å². The van der Waals surface area contributed by atoms with Gasteiger partial charge >= 0.3 is 0 Å². The zero-order chi connectivity index (χ0) is 17.2. The molecule has 24 heavy (non-hydrogen) atoms. The van der Waals surface area contributed by atoms with Gasteiger partial charge < -0.3 is 0 Å². The Morgan fingerprint density at radius 1 is 0.625 bits per heavy atom. The van der Waals surface area contributed by atoms with Crippen molar-refractivity contribution in [1.29, 1.82) is 10.5 Å². The Morgan fingerprint density at radius 2 is 1.04 bits per heavy atom. The van der Waals surface area contributed by atoms with Gasteiger partial charge in [0.15, 0.2) is 12.1 Å². The largest absolute Gasteiger partial charge is 0.181 e. The Bertz CT molecular complexity index is 795. The zero-order valence-electron chi connectivity index (χ0n) is 13.4. The van der Waals surface area contributed by atoms with E-state index >= 15 is 0 Å². The van der Waals surface area contributed by atoms with Crippen molar-refractivity contribution < 1.29 is 0 Å². The third kappa shape index (κ3) is 4.53. The van der Waals surface area contributed by atoms with E-state index in [1.807, 2.05) is 0 Å². The molecule has 2 nitrogen and oxygen atoms in total. The molecule has 0 aliphatic carbocycles. The fraction of sp³-hybridized carbons (Fsp3) is 0.0476. The molecule has 0 bridgehead atoms. The number of hydrogen-bond acceptors (Lipinski definition) is 2. The van der Waals surface area contributed by atoms with E-state index in [4.69, 9.17) is 10.5 Å². The number of benzene rings is 3. The molecule has 0 radical (unpaired) electrons. The number of nitrogens with zero attached hydrogens (tertiary/aromatic N) is 2. The number of nitriles is 2. The van der Waals surface area contributed by atoms with Gasteiger partial charge in [-0.25, -0.2) is 0 Å². The molecule has 3 aromatic carbocycles. The van der Waals surface area contributed by atoms with E-state index in [0.29, 0.717) is 0 Å². The number of hydrogen-bond donors (Lipinski definition) is 0. The Labute approximate surface area is 144 Å². The lowest BCUT2D eigenvalue weighted by atomic mass is 10.2. The summed E-state index contributed by atoms with van der Waals surface area (Å²) in [5.41, 5.74) is 1.37. The second-order valence-electron chi connectivity index (χ2n) is 5.02. The predicted octanol–water partition coefficient (Wildman–Crippen LogP) is 3.79. The average molecular weight is 328 g/mol. The summed E-state index contributed by atoms with van der Waals surface area (Å²) < 4.78 is 0. The fourth-order valence-corrected chi connectivity index (χ4v) is 4.85. The maximum Gasteiger partial charge on any atom is 0.181 e. The van der Waals surface area contributed by atoms with E-state index in [1.165, 1.54) is 33.6 Å². The normalized spacial score (nSPS) is 9.33. The van der Waals surface area contributed by atoms with Gasteiger partial charge in [-0.1, -0.05) is 84.9 Å². The molecule has 3 aromatic rings. The molecule has 0 saturated heterocycles. The summed E-state index contributed by atoms with van der Waals surface area (Å²) in [4.78, 5) is 0. The minimum absolute atomic E-state index is 0.467. The lowest BCUT2D eigenvalue weighted by Gasteiger charge is -2.21. The summed E-state index contributed by atoms with van der Waals surface area (Å²) in [5, 5.41) is 18.8. The van der Waals surface area contributed by atoms with E-state index in [2.05, 4.69) is 91.9 Å². The Hall–Kier alpha value is -2.93. The van der Waals surface area contributed by atoms with E-state index < -0.39 is 7.92 Å². The van der Waals surface area contributed by atoms with Gasteiger partial charge in [0.25, 0.3) is 0 Å². The maximum absolute atomic E-state index is 7.26. The molecule has 0 N–H and O–H groups in total. The number of rotatable bonds is 3. The molecule has 0 aliphatic rings. The van der Waals surface area contributed by atoms with Crippen LogP contribution in [0.2, 0.25) is 0 Å². The highest BCUT2D eigenvalue weighted by atomic mass is 31.1. The molecule has 0 amide bonds. The highest BCUT2D eigenvalue weighted by Gasteiger charge is 2.17. The topological polar surface area (TPSA) is 47.6 Å². The van der Waals surface area contributed by atoms with Gasteiger partial charge in [-0.2, -0.15) is 10.5 Å². The molecule has 0 saturated carbocycles. The minimum atomic E-state index is -0.467. The van der Waals surface area contributed by atoms with Crippen molar-refractivity contribution in [2.45, 2.75) is 6.92 Å². The van der Waals surface area contributed by atoms with Crippen molar-refractivity contribution in [1.82, 2.24) is 0 Å². The van der Waals surface area contributed by atoms with Crippen molar-refractivity contribution in [3.05, 3.63) is 90.5 Å². The van der Waals surface area contributed by atoms with Gasteiger partial charge in [0.05, 0.1) is 0 Å². The van der Waals surface area contributed by atoms with Gasteiger partial charge in [0, 0.05) is 0 Å². The first-order valence-electron chi connectivity index (χ1n) is 7.52. The van der Waals surface area contributed by atoms with Crippen LogP contribution in [0, 0.1) is 29.6 Å². The van der Waals surface area contributed by atoms with E-state index in [9.17, 15) is 0 Å². The molecule has 0 fully saturated rings. The molecule has 116 valence electrons. The Morgan fingerprint density at radius 3 is 1.46 bits per heavy atom. The van der Waals surface area contributed by atoms with Crippen molar-refractivity contribution >= 4 is 23.8 Å². The van der Waals surface area contributed by atoms with Crippen LogP contribution < -0.4 is 15.9 Å². The van der Waals surface area contributed by atoms with Crippen molar-refractivity contribution in [2.75, 3.05) is 0 Å². The molecule has 0 spiro atoms. The van der Waals surface area contributed by atoms with Gasteiger partial charge in [-0.05, 0) is 36.3 Å². The molecule has 0 unspecified atom stereocenters. The van der Waals surface area contributed by atoms with Gasteiger partial charge in [-0.15, -0.1) is 0 Å². The van der Waals surface area contributed by atoms with Crippen LogP contribution in [0.1, 0.15) is 5.56 Å². The van der Waals surface area contributed by atoms with Gasteiger partial charge in [0.1, 0.15) is 0 Å². The number of aryl methyl sites for hydroxylation is 1. The quantitative estimate of drug-likeness (QED) is 0.687. The molecular formula is C21H17N2P. The third-order valence-electron chi connectivity index (χ3n) is 3.44. The lowest BCUT2D eigenvalue weighted by Crippen LogP contribution is -2.22. The molecule has 3 rings (SSSR count). The molecule has 0 aliphatic heterocycles. The summed E-state index contributed by atoms with van der Waals surface area (Å²) in [6.07, 6.45) is 0. The molecular weight excluding hydrogens is 311 g/mol. The second kappa shape index (κ2) is 9.26. The van der Waals surface area contributed by atoms with Crippen LogP contribution in [0.15, 0.2) is 84.9 Å². The van der Waals surface area contributed by atoms with Crippen LogP contribution in [-0.4, -0.2) is 0 Å². The first kappa shape index (κ1) is 17.4. The van der Waals surface area contributed by atoms with Crippen molar-refractivity contribution in [2.24, 2.45) is 0 Å².